The van der Waals surface area contributed by atoms with Crippen LogP contribution in [0, 0.1) is 0 Å². The maximum absolute atomic E-state index is 11.4. The Kier molecular flexibility index (Phi) is 3.90. The molecule has 0 unspecified atom stereocenters. The summed E-state index contributed by atoms with van der Waals surface area (Å²) in [4.78, 5) is 13.6. The lowest BCUT2D eigenvalue weighted by Crippen LogP contribution is -2.38. The fraction of sp³-hybridized carbons (Fsp3) is 0.190. The second-order valence-corrected chi connectivity index (χ2v) is 6.60. The molecule has 0 bridgehead atoms. The zero-order valence-electron chi connectivity index (χ0n) is 13.9. The molecule has 126 valence electrons. The van der Waals surface area contributed by atoms with E-state index in [1.807, 2.05) is 30.3 Å². The van der Waals surface area contributed by atoms with Gasteiger partial charge < -0.3 is 15.7 Å². The largest absolute Gasteiger partial charge is 0.391 e. The number of aliphatic hydroxyl groups is 1. The molecule has 25 heavy (non-hydrogen) atoms. The number of β-amino-alcohol motifs (C(OH)–C–C–N with tert-alkyl or cyclic N) is 1. The number of hydrogen-bond donors (Lipinski definition) is 2. The third-order valence-corrected chi connectivity index (χ3v) is 4.77. The fourth-order valence-electron chi connectivity index (χ4n) is 3.69. The van der Waals surface area contributed by atoms with Gasteiger partial charge in [-0.15, -0.1) is 0 Å². The van der Waals surface area contributed by atoms with Crippen LogP contribution in [0.15, 0.2) is 60.7 Å². The van der Waals surface area contributed by atoms with E-state index >= 15 is 0 Å². The molecule has 1 aliphatic rings. The van der Waals surface area contributed by atoms with Gasteiger partial charge in [0.1, 0.15) is 0 Å². The molecule has 4 heteroatoms. The van der Waals surface area contributed by atoms with Crippen LogP contribution >= 0.6 is 0 Å². The van der Waals surface area contributed by atoms with Crippen molar-refractivity contribution in [3.63, 3.8) is 0 Å². The molecule has 0 saturated carbocycles. The van der Waals surface area contributed by atoms with Crippen molar-refractivity contribution >= 4 is 22.4 Å². The summed E-state index contributed by atoms with van der Waals surface area (Å²) in [5, 5.41) is 12.7. The molecule has 1 heterocycles. The van der Waals surface area contributed by atoms with E-state index in [-0.39, 0.29) is 0 Å². The van der Waals surface area contributed by atoms with Gasteiger partial charge in [0, 0.05) is 36.1 Å². The first kappa shape index (κ1) is 15.7. The standard InChI is InChI=1S/C21H20N2O2/c22-21(25)17-6-3-4-14(10-17)12-23-13-18(24)11-16-9-8-15-5-1-2-7-19(15)20(16)23/h1-10,18,24H,11-13H2,(H2,22,25)/t18-/m1/s1. The van der Waals surface area contributed by atoms with Crippen LogP contribution in [-0.4, -0.2) is 23.7 Å². The van der Waals surface area contributed by atoms with Crippen LogP contribution in [-0.2, 0) is 13.0 Å². The van der Waals surface area contributed by atoms with Crippen LogP contribution in [0.4, 0.5) is 5.69 Å². The van der Waals surface area contributed by atoms with Gasteiger partial charge in [-0.25, -0.2) is 0 Å². The molecule has 0 aromatic heterocycles. The summed E-state index contributed by atoms with van der Waals surface area (Å²) >= 11 is 0. The molecular formula is C21H20N2O2. The topological polar surface area (TPSA) is 66.6 Å². The van der Waals surface area contributed by atoms with Crippen molar-refractivity contribution in [2.75, 3.05) is 11.4 Å². The van der Waals surface area contributed by atoms with E-state index in [9.17, 15) is 9.90 Å². The number of anilines is 1. The first-order valence-electron chi connectivity index (χ1n) is 8.44. The molecule has 0 spiro atoms. The Morgan fingerprint density at radius 3 is 2.80 bits per heavy atom. The van der Waals surface area contributed by atoms with Crippen molar-refractivity contribution in [2.24, 2.45) is 5.73 Å². The summed E-state index contributed by atoms with van der Waals surface area (Å²) in [5.41, 5.74) is 9.24. The van der Waals surface area contributed by atoms with E-state index in [0.29, 0.717) is 25.1 Å². The molecule has 0 fully saturated rings. The first-order chi connectivity index (χ1) is 12.1. The molecule has 3 aromatic rings. The summed E-state index contributed by atoms with van der Waals surface area (Å²) in [6, 6.07) is 19.9. The lowest BCUT2D eigenvalue weighted by atomic mass is 9.94. The number of nitrogens with zero attached hydrogens (tertiary/aromatic N) is 1. The van der Waals surface area contributed by atoms with Gasteiger partial charge in [-0.1, -0.05) is 48.5 Å². The Hall–Kier alpha value is -2.85. The van der Waals surface area contributed by atoms with Gasteiger partial charge in [0.2, 0.25) is 5.91 Å². The highest BCUT2D eigenvalue weighted by atomic mass is 16.3. The number of aliphatic hydroxyl groups excluding tert-OH is 1. The van der Waals surface area contributed by atoms with Gasteiger partial charge in [0.15, 0.2) is 0 Å². The highest BCUT2D eigenvalue weighted by molar-refractivity contribution is 5.96. The molecule has 0 saturated heterocycles. The second kappa shape index (κ2) is 6.22. The number of benzene rings is 3. The maximum Gasteiger partial charge on any atom is 0.248 e. The highest BCUT2D eigenvalue weighted by Crippen LogP contribution is 2.35. The molecule has 4 rings (SSSR count). The van der Waals surface area contributed by atoms with Crippen molar-refractivity contribution in [1.82, 2.24) is 0 Å². The maximum atomic E-state index is 11.4. The van der Waals surface area contributed by atoms with Gasteiger partial charge in [-0.2, -0.15) is 0 Å². The molecule has 1 aliphatic heterocycles. The van der Waals surface area contributed by atoms with E-state index in [0.717, 1.165) is 11.1 Å². The Labute approximate surface area is 146 Å². The van der Waals surface area contributed by atoms with Crippen LogP contribution in [0.3, 0.4) is 0 Å². The summed E-state index contributed by atoms with van der Waals surface area (Å²) in [6.07, 6.45) is 0.269. The summed E-state index contributed by atoms with van der Waals surface area (Å²) < 4.78 is 0. The van der Waals surface area contributed by atoms with Crippen LogP contribution in [0.1, 0.15) is 21.5 Å². The van der Waals surface area contributed by atoms with Crippen molar-refractivity contribution in [2.45, 2.75) is 19.1 Å². The predicted molar refractivity (Wildman–Crippen MR) is 99.7 cm³/mol. The van der Waals surface area contributed by atoms with Crippen molar-refractivity contribution in [3.8, 4) is 0 Å². The lowest BCUT2D eigenvalue weighted by molar-refractivity contribution is 0.1000. The number of carbonyl (C=O) groups is 1. The smallest absolute Gasteiger partial charge is 0.248 e. The molecule has 1 amide bonds. The number of carbonyl (C=O) groups excluding carboxylic acids is 1. The number of rotatable bonds is 3. The summed E-state index contributed by atoms with van der Waals surface area (Å²) in [7, 11) is 0. The zero-order valence-corrected chi connectivity index (χ0v) is 13.9. The first-order valence-corrected chi connectivity index (χ1v) is 8.44. The van der Waals surface area contributed by atoms with Crippen molar-refractivity contribution in [3.05, 3.63) is 77.4 Å². The Morgan fingerprint density at radius 1 is 1.12 bits per heavy atom. The Morgan fingerprint density at radius 2 is 1.96 bits per heavy atom. The molecule has 3 N–H and O–H groups in total. The average Bonchev–Trinajstić information content (AvgIpc) is 2.61. The molecule has 0 radical (unpaired) electrons. The van der Waals surface area contributed by atoms with Crippen LogP contribution in [0.2, 0.25) is 0 Å². The average molecular weight is 332 g/mol. The number of amides is 1. The number of hydrogen-bond acceptors (Lipinski definition) is 3. The summed E-state index contributed by atoms with van der Waals surface area (Å²) in [6.45, 7) is 1.20. The number of nitrogens with two attached hydrogens (primary N) is 1. The highest BCUT2D eigenvalue weighted by Gasteiger charge is 2.25. The molecular weight excluding hydrogens is 312 g/mol. The van der Waals surface area contributed by atoms with Gasteiger partial charge in [0.25, 0.3) is 0 Å². The minimum absolute atomic E-state index is 0.395. The predicted octanol–water partition coefficient (Wildman–Crippen LogP) is 2.86. The Bertz CT molecular complexity index is 952. The number of fused-ring (bicyclic) bond motifs is 3. The zero-order chi connectivity index (χ0) is 17.4. The van der Waals surface area contributed by atoms with Gasteiger partial charge in [-0.3, -0.25) is 4.79 Å². The van der Waals surface area contributed by atoms with Crippen LogP contribution < -0.4 is 10.6 Å². The Balaban J connectivity index is 1.78. The van der Waals surface area contributed by atoms with E-state index in [4.69, 9.17) is 5.73 Å². The van der Waals surface area contributed by atoms with E-state index < -0.39 is 12.0 Å². The normalized spacial score (nSPS) is 16.7. The SMILES string of the molecule is NC(=O)c1cccc(CN2C[C@H](O)Cc3ccc4ccccc4c32)c1. The third kappa shape index (κ3) is 2.96. The number of primary amides is 1. The second-order valence-electron chi connectivity index (χ2n) is 6.60. The molecule has 3 aromatic carbocycles. The van der Waals surface area contributed by atoms with Gasteiger partial charge >= 0.3 is 0 Å². The van der Waals surface area contributed by atoms with Gasteiger partial charge in [-0.05, 0) is 28.6 Å². The van der Waals surface area contributed by atoms with E-state index in [1.165, 1.54) is 16.5 Å². The fourth-order valence-corrected chi connectivity index (χ4v) is 3.69. The van der Waals surface area contributed by atoms with Gasteiger partial charge in [0.05, 0.1) is 6.10 Å². The van der Waals surface area contributed by atoms with Crippen molar-refractivity contribution in [1.29, 1.82) is 0 Å². The van der Waals surface area contributed by atoms with E-state index in [2.05, 4.69) is 29.2 Å². The minimum Gasteiger partial charge on any atom is -0.391 e. The van der Waals surface area contributed by atoms with Crippen LogP contribution in [0.25, 0.3) is 10.8 Å². The van der Waals surface area contributed by atoms with Crippen molar-refractivity contribution < 1.29 is 9.90 Å². The minimum atomic E-state index is -0.425. The lowest BCUT2D eigenvalue weighted by Gasteiger charge is -2.35. The monoisotopic (exact) mass is 332 g/mol. The molecule has 4 nitrogen and oxygen atoms in total. The summed E-state index contributed by atoms with van der Waals surface area (Å²) in [5.74, 6) is -0.425. The molecule has 1 atom stereocenters. The molecule has 0 aliphatic carbocycles. The quantitative estimate of drug-likeness (QED) is 0.775. The van der Waals surface area contributed by atoms with Crippen LogP contribution in [0.5, 0.6) is 0 Å². The van der Waals surface area contributed by atoms with E-state index in [1.54, 1.807) is 6.07 Å². The third-order valence-electron chi connectivity index (χ3n) is 4.77.